The third-order valence-corrected chi connectivity index (χ3v) is 5.06. The molecule has 0 saturated heterocycles. The first-order chi connectivity index (χ1) is 10.5. The number of aromatic carboxylic acids is 1. The van der Waals surface area contributed by atoms with Crippen molar-refractivity contribution in [2.75, 3.05) is 5.32 Å². The maximum atomic E-state index is 12.0. The van der Waals surface area contributed by atoms with E-state index in [0.29, 0.717) is 5.82 Å². The molecule has 0 saturated carbocycles. The molecule has 1 aromatic carbocycles. The van der Waals surface area contributed by atoms with E-state index < -0.39 is 5.97 Å². The van der Waals surface area contributed by atoms with Gasteiger partial charge in [-0.3, -0.25) is 9.89 Å². The van der Waals surface area contributed by atoms with Gasteiger partial charge in [0.05, 0.1) is 16.5 Å². The maximum Gasteiger partial charge on any atom is 0.238 e. The highest BCUT2D eigenvalue weighted by Gasteiger charge is 2.32. The summed E-state index contributed by atoms with van der Waals surface area (Å²) in [5.41, 5.74) is 2.85. The number of anilines is 1. The molecule has 2 N–H and O–H groups in total. The van der Waals surface area contributed by atoms with E-state index in [1.165, 1.54) is 23.9 Å². The number of thioether (sulfide) groups is 1. The Morgan fingerprint density at radius 3 is 2.64 bits per heavy atom. The molecule has 2 atom stereocenters. The fourth-order valence-corrected chi connectivity index (χ4v) is 3.77. The summed E-state index contributed by atoms with van der Waals surface area (Å²) in [5, 5.41) is 20.4. The van der Waals surface area contributed by atoms with Gasteiger partial charge in [0.1, 0.15) is 0 Å². The summed E-state index contributed by atoms with van der Waals surface area (Å²) in [7, 11) is 0. The molecular weight excluding hydrogens is 302 g/mol. The average Bonchev–Trinajstić information content (AvgIpc) is 2.79. The van der Waals surface area contributed by atoms with E-state index >= 15 is 0 Å². The number of hydrogen-bond acceptors (Lipinski definition) is 5. The number of amides is 1. The van der Waals surface area contributed by atoms with Gasteiger partial charge in [-0.1, -0.05) is 24.3 Å². The van der Waals surface area contributed by atoms with Crippen LogP contribution < -0.4 is 10.4 Å². The predicted octanol–water partition coefficient (Wildman–Crippen LogP) is 1.24. The summed E-state index contributed by atoms with van der Waals surface area (Å²) in [4.78, 5) is 22.9. The Morgan fingerprint density at radius 2 is 2.00 bits per heavy atom. The lowest BCUT2D eigenvalue weighted by Crippen LogP contribution is -2.22. The molecule has 0 radical (unpaired) electrons. The molecule has 0 fully saturated rings. The van der Waals surface area contributed by atoms with Crippen molar-refractivity contribution in [3.63, 3.8) is 0 Å². The molecule has 6 nitrogen and oxygen atoms in total. The number of aromatic amines is 1. The fourth-order valence-electron chi connectivity index (χ4n) is 2.45. The van der Waals surface area contributed by atoms with Crippen LogP contribution in [0.2, 0.25) is 0 Å². The molecule has 2 aromatic rings. The number of aryl methyl sites for hydroxylation is 1. The summed E-state index contributed by atoms with van der Waals surface area (Å²) in [6.45, 7) is 3.74. The minimum absolute atomic E-state index is 0.0911. The van der Waals surface area contributed by atoms with Crippen LogP contribution in [0.15, 0.2) is 24.3 Å². The molecule has 0 aliphatic carbocycles. The SMILES string of the molecule is Cc1[nH]nc2c1[C@@H](c1ccc(C(=O)[O-])cc1)S[C@@H](C)C(=O)N2. The lowest BCUT2D eigenvalue weighted by Gasteiger charge is -2.18. The Kier molecular flexibility index (Phi) is 3.66. The van der Waals surface area contributed by atoms with Gasteiger partial charge < -0.3 is 15.2 Å². The van der Waals surface area contributed by atoms with Crippen molar-refractivity contribution in [3.8, 4) is 0 Å². The van der Waals surface area contributed by atoms with Gasteiger partial charge in [0.2, 0.25) is 5.91 Å². The van der Waals surface area contributed by atoms with E-state index in [9.17, 15) is 14.7 Å². The van der Waals surface area contributed by atoms with Crippen molar-refractivity contribution in [2.45, 2.75) is 24.3 Å². The minimum Gasteiger partial charge on any atom is -0.545 e. The molecule has 22 heavy (non-hydrogen) atoms. The van der Waals surface area contributed by atoms with E-state index in [4.69, 9.17) is 0 Å². The van der Waals surface area contributed by atoms with Crippen molar-refractivity contribution in [3.05, 3.63) is 46.6 Å². The van der Waals surface area contributed by atoms with Crippen LogP contribution in [0.5, 0.6) is 0 Å². The van der Waals surface area contributed by atoms with Crippen LogP contribution in [-0.2, 0) is 4.79 Å². The number of carboxylic acid groups (broad SMARTS) is 1. The number of fused-ring (bicyclic) bond motifs is 1. The number of benzene rings is 1. The van der Waals surface area contributed by atoms with Gasteiger partial charge in [0.15, 0.2) is 5.82 Å². The lowest BCUT2D eigenvalue weighted by atomic mass is 10.0. The number of carbonyl (C=O) groups excluding carboxylic acids is 2. The number of hydrogen-bond donors (Lipinski definition) is 2. The molecule has 1 amide bonds. The second-order valence-electron chi connectivity index (χ2n) is 5.17. The Labute approximate surface area is 131 Å². The zero-order valence-electron chi connectivity index (χ0n) is 12.0. The van der Waals surface area contributed by atoms with Crippen LogP contribution in [0.3, 0.4) is 0 Å². The second-order valence-corrected chi connectivity index (χ2v) is 6.62. The number of carbonyl (C=O) groups is 2. The molecule has 0 spiro atoms. The number of rotatable bonds is 2. The molecule has 114 valence electrons. The molecule has 7 heteroatoms. The largest absolute Gasteiger partial charge is 0.545 e. The van der Waals surface area contributed by atoms with E-state index in [2.05, 4.69) is 15.5 Å². The summed E-state index contributed by atoms with van der Waals surface area (Å²) < 4.78 is 0. The summed E-state index contributed by atoms with van der Waals surface area (Å²) >= 11 is 1.51. The van der Waals surface area contributed by atoms with Gasteiger partial charge in [-0.15, -0.1) is 11.8 Å². The zero-order chi connectivity index (χ0) is 15.9. The van der Waals surface area contributed by atoms with Gasteiger partial charge in [-0.2, -0.15) is 5.10 Å². The average molecular weight is 316 g/mol. The van der Waals surface area contributed by atoms with Crippen LogP contribution in [0, 0.1) is 6.92 Å². The van der Waals surface area contributed by atoms with E-state index in [-0.39, 0.29) is 22.0 Å². The second kappa shape index (κ2) is 5.49. The highest BCUT2D eigenvalue weighted by atomic mass is 32.2. The van der Waals surface area contributed by atoms with Gasteiger partial charge >= 0.3 is 0 Å². The van der Waals surface area contributed by atoms with Gasteiger partial charge in [-0.05, 0) is 25.0 Å². The monoisotopic (exact) mass is 316 g/mol. The minimum atomic E-state index is -1.20. The van der Waals surface area contributed by atoms with Gasteiger partial charge in [0.25, 0.3) is 0 Å². The topological polar surface area (TPSA) is 97.9 Å². The Bertz CT molecular complexity index is 739. The van der Waals surface area contributed by atoms with Crippen LogP contribution in [0.1, 0.15) is 39.4 Å². The Morgan fingerprint density at radius 1 is 1.32 bits per heavy atom. The quantitative estimate of drug-likeness (QED) is 0.869. The molecule has 0 bridgehead atoms. The van der Waals surface area contributed by atoms with Gasteiger partial charge in [-0.25, -0.2) is 0 Å². The van der Waals surface area contributed by atoms with Crippen molar-refractivity contribution < 1.29 is 14.7 Å². The standard InChI is InChI=1S/C15H15N3O3S/c1-7-11-12(9-3-5-10(6-4-9)15(20)21)22-8(2)14(19)16-13(11)18-17-7/h3-6,8,12H,1-2H3,(H,20,21)(H2,16,17,18,19)/p-1/t8-,12+/m0/s1. The summed E-state index contributed by atoms with van der Waals surface area (Å²) in [6.07, 6.45) is 0. The maximum absolute atomic E-state index is 12.0. The van der Waals surface area contributed by atoms with Crippen LogP contribution in [0.4, 0.5) is 5.82 Å². The normalized spacial score (nSPS) is 20.9. The number of carboxylic acids is 1. The molecule has 0 unspecified atom stereocenters. The van der Waals surface area contributed by atoms with Crippen molar-refractivity contribution in [1.29, 1.82) is 0 Å². The van der Waals surface area contributed by atoms with Gasteiger partial charge in [0, 0.05) is 11.3 Å². The van der Waals surface area contributed by atoms with Crippen LogP contribution >= 0.6 is 11.8 Å². The number of aromatic nitrogens is 2. The first-order valence-corrected chi connectivity index (χ1v) is 7.74. The zero-order valence-corrected chi connectivity index (χ0v) is 12.9. The highest BCUT2D eigenvalue weighted by Crippen LogP contribution is 2.44. The first-order valence-electron chi connectivity index (χ1n) is 6.80. The van der Waals surface area contributed by atoms with Crippen molar-refractivity contribution in [1.82, 2.24) is 10.2 Å². The Balaban J connectivity index is 2.06. The number of H-pyrrole nitrogens is 1. The fraction of sp³-hybridized carbons (Fsp3) is 0.267. The molecule has 1 aliphatic heterocycles. The Hall–Kier alpha value is -2.28. The number of nitrogens with one attached hydrogen (secondary N) is 2. The van der Waals surface area contributed by atoms with Crippen LogP contribution in [0.25, 0.3) is 0 Å². The van der Waals surface area contributed by atoms with Crippen LogP contribution in [-0.4, -0.2) is 27.3 Å². The van der Waals surface area contributed by atoms with Crippen molar-refractivity contribution >= 4 is 29.5 Å². The van der Waals surface area contributed by atoms with E-state index in [0.717, 1.165) is 16.8 Å². The molecule has 2 heterocycles. The third-order valence-electron chi connectivity index (χ3n) is 3.66. The lowest BCUT2D eigenvalue weighted by molar-refractivity contribution is -0.255. The van der Waals surface area contributed by atoms with E-state index in [1.54, 1.807) is 12.1 Å². The molecule has 3 rings (SSSR count). The van der Waals surface area contributed by atoms with Crippen molar-refractivity contribution in [2.24, 2.45) is 0 Å². The smallest absolute Gasteiger partial charge is 0.238 e. The molecule has 1 aliphatic rings. The number of nitrogens with zero attached hydrogens (tertiary/aromatic N) is 1. The highest BCUT2D eigenvalue weighted by molar-refractivity contribution is 8.01. The summed E-state index contributed by atoms with van der Waals surface area (Å²) in [6, 6.07) is 6.54. The summed E-state index contributed by atoms with van der Waals surface area (Å²) in [5.74, 6) is -0.759. The first kappa shape index (κ1) is 14.6. The third kappa shape index (κ3) is 2.48. The van der Waals surface area contributed by atoms with E-state index in [1.807, 2.05) is 13.8 Å². The molecule has 1 aromatic heterocycles. The predicted molar refractivity (Wildman–Crippen MR) is 81.6 cm³/mol. The molecular formula is C15H14N3O3S-.